The normalized spacial score (nSPS) is 16.0. The topological polar surface area (TPSA) is 170 Å². The molecule has 1 fully saturated rings. The van der Waals surface area contributed by atoms with Gasteiger partial charge >= 0.3 is 5.97 Å². The molecule has 1 saturated heterocycles. The Morgan fingerprint density at radius 2 is 1.66 bits per heavy atom. The first kappa shape index (κ1) is 34.3. The monoisotopic (exact) mass is 612 g/mol. The second-order valence-electron chi connectivity index (χ2n) is 11.4. The third-order valence-corrected chi connectivity index (χ3v) is 7.46. The summed E-state index contributed by atoms with van der Waals surface area (Å²) >= 11 is 0. The van der Waals surface area contributed by atoms with Crippen LogP contribution < -0.4 is 25.8 Å². The van der Waals surface area contributed by atoms with E-state index in [-0.39, 0.29) is 30.8 Å². The molecule has 1 unspecified atom stereocenters. The number of esters is 1. The highest BCUT2D eigenvalue weighted by molar-refractivity contribution is 5.91. The average Bonchev–Trinajstić information content (AvgIpc) is 3.00. The highest BCUT2D eigenvalue weighted by Crippen LogP contribution is 2.21. The van der Waals surface area contributed by atoms with Gasteiger partial charge < -0.3 is 35.7 Å². The van der Waals surface area contributed by atoms with E-state index in [9.17, 15) is 24.3 Å². The third kappa shape index (κ3) is 10.5. The molecule has 0 aromatic heterocycles. The summed E-state index contributed by atoms with van der Waals surface area (Å²) in [5, 5.41) is 16.0. The van der Waals surface area contributed by atoms with E-state index in [1.807, 2.05) is 39.0 Å². The molecule has 0 aliphatic carbocycles. The first-order valence-corrected chi connectivity index (χ1v) is 14.8. The minimum absolute atomic E-state index is 0.0809. The lowest BCUT2D eigenvalue weighted by Gasteiger charge is -2.33. The number of rotatable bonds is 15. The second kappa shape index (κ2) is 16.6. The van der Waals surface area contributed by atoms with Gasteiger partial charge in [0, 0.05) is 25.4 Å². The Morgan fingerprint density at radius 1 is 1.00 bits per heavy atom. The SMILES string of the molecule is COC(=O)[C@H](Cc1ccc(OC(O)N2CCC(C(N)=O)CC2)cc1)NC(=O)[C@H](CC(C)C)NC(=O)COc1ccccc1C. The molecule has 0 radical (unpaired) electrons. The van der Waals surface area contributed by atoms with Crippen molar-refractivity contribution in [3.63, 3.8) is 0 Å². The molecule has 3 amide bonds. The van der Waals surface area contributed by atoms with E-state index in [4.69, 9.17) is 19.9 Å². The molecule has 0 spiro atoms. The Bertz CT molecular complexity index is 1260. The van der Waals surface area contributed by atoms with E-state index in [1.165, 1.54) is 7.11 Å². The van der Waals surface area contributed by atoms with Crippen LogP contribution in [0, 0.1) is 18.8 Å². The van der Waals surface area contributed by atoms with Gasteiger partial charge in [0.1, 0.15) is 23.6 Å². The molecule has 1 aliphatic rings. The van der Waals surface area contributed by atoms with Crippen LogP contribution in [0.3, 0.4) is 0 Å². The van der Waals surface area contributed by atoms with Crippen molar-refractivity contribution in [3.05, 3.63) is 59.7 Å². The Morgan fingerprint density at radius 3 is 2.25 bits per heavy atom. The lowest BCUT2D eigenvalue weighted by molar-refractivity contribution is -0.149. The van der Waals surface area contributed by atoms with Gasteiger partial charge in [-0.05, 0) is 61.4 Å². The van der Waals surface area contributed by atoms with Gasteiger partial charge in [-0.2, -0.15) is 0 Å². The number of benzene rings is 2. The number of carbonyl (C=O) groups is 4. The van der Waals surface area contributed by atoms with Gasteiger partial charge in [-0.1, -0.05) is 44.2 Å². The predicted octanol–water partition coefficient (Wildman–Crippen LogP) is 1.66. The maximum absolute atomic E-state index is 13.3. The number of methoxy groups -OCH3 is 1. The van der Waals surface area contributed by atoms with Crippen LogP contribution in [0.2, 0.25) is 0 Å². The number of nitrogens with two attached hydrogens (primary N) is 1. The quantitative estimate of drug-likeness (QED) is 0.173. The largest absolute Gasteiger partial charge is 0.484 e. The summed E-state index contributed by atoms with van der Waals surface area (Å²) < 4.78 is 16.2. The molecule has 2 aromatic carbocycles. The first-order chi connectivity index (χ1) is 21.0. The number of hydrogen-bond donors (Lipinski definition) is 4. The summed E-state index contributed by atoms with van der Waals surface area (Å²) in [6.45, 7) is 6.42. The molecule has 1 heterocycles. The average molecular weight is 613 g/mol. The molecule has 0 saturated carbocycles. The number of aliphatic hydroxyl groups excluding tert-OH is 1. The van der Waals surface area contributed by atoms with Crippen molar-refractivity contribution in [1.29, 1.82) is 0 Å². The number of nitrogens with one attached hydrogen (secondary N) is 2. The molecule has 12 heteroatoms. The molecule has 240 valence electrons. The standard InChI is InChI=1S/C32H44N4O8/c1-20(2)17-25(34-28(37)19-43-27-8-6-5-7-21(27)3)30(39)35-26(31(40)42-4)18-22-9-11-24(12-10-22)44-32(41)36-15-13-23(14-16-36)29(33)38/h5-12,20,23,25-26,32,41H,13-19H2,1-4H3,(H2,33,38)(H,34,37)(H,35,39)/t25-,26-,32?/m0/s1. The third-order valence-electron chi connectivity index (χ3n) is 7.46. The van der Waals surface area contributed by atoms with Crippen molar-refractivity contribution >= 4 is 23.7 Å². The van der Waals surface area contributed by atoms with E-state index in [1.54, 1.807) is 35.2 Å². The molecule has 44 heavy (non-hydrogen) atoms. The summed E-state index contributed by atoms with van der Waals surface area (Å²) in [7, 11) is 1.24. The van der Waals surface area contributed by atoms with Crippen LogP contribution in [0.25, 0.3) is 0 Å². The number of para-hydroxylation sites is 1. The summed E-state index contributed by atoms with van der Waals surface area (Å²) in [6, 6.07) is 12.2. The maximum atomic E-state index is 13.3. The zero-order valence-corrected chi connectivity index (χ0v) is 25.8. The van der Waals surface area contributed by atoms with E-state index in [0.29, 0.717) is 49.4 Å². The Kier molecular flexibility index (Phi) is 13.0. The number of likely N-dealkylation sites (tertiary alicyclic amines) is 1. The van der Waals surface area contributed by atoms with Crippen LogP contribution in [0.5, 0.6) is 11.5 Å². The minimum atomic E-state index is -1.19. The summed E-state index contributed by atoms with van der Waals surface area (Å²) in [6.07, 6.45) is 0.397. The predicted molar refractivity (Wildman–Crippen MR) is 162 cm³/mol. The summed E-state index contributed by atoms with van der Waals surface area (Å²) in [4.78, 5) is 51.7. The van der Waals surface area contributed by atoms with E-state index in [2.05, 4.69) is 10.6 Å². The number of aryl methyl sites for hydroxylation is 1. The number of amides is 3. The Hall–Kier alpha value is -4.16. The zero-order chi connectivity index (χ0) is 32.2. The first-order valence-electron chi connectivity index (χ1n) is 14.8. The molecule has 0 bridgehead atoms. The van der Waals surface area contributed by atoms with Gasteiger partial charge in [0.05, 0.1) is 7.11 Å². The van der Waals surface area contributed by atoms with Gasteiger partial charge in [0.15, 0.2) is 6.61 Å². The lowest BCUT2D eigenvalue weighted by Crippen LogP contribution is -2.53. The van der Waals surface area contributed by atoms with Gasteiger partial charge in [-0.15, -0.1) is 0 Å². The number of hydrogen-bond acceptors (Lipinski definition) is 9. The molecule has 3 atom stereocenters. The molecule has 1 aliphatic heterocycles. The van der Waals surface area contributed by atoms with Crippen LogP contribution in [0.1, 0.15) is 44.2 Å². The van der Waals surface area contributed by atoms with Crippen molar-refractivity contribution in [2.24, 2.45) is 17.6 Å². The molecule has 5 N–H and O–H groups in total. The second-order valence-corrected chi connectivity index (χ2v) is 11.4. The molecule has 12 nitrogen and oxygen atoms in total. The lowest BCUT2D eigenvalue weighted by atomic mass is 9.97. The molecule has 3 rings (SSSR count). The van der Waals surface area contributed by atoms with Crippen molar-refractivity contribution < 1.29 is 38.5 Å². The van der Waals surface area contributed by atoms with Gasteiger partial charge in [0.2, 0.25) is 11.8 Å². The van der Waals surface area contributed by atoms with Crippen LogP contribution in [0.4, 0.5) is 0 Å². The minimum Gasteiger partial charge on any atom is -0.484 e. The Labute approximate surface area is 258 Å². The van der Waals surface area contributed by atoms with E-state index < -0.39 is 36.3 Å². The van der Waals surface area contributed by atoms with Crippen LogP contribution in [-0.4, -0.2) is 79.0 Å². The zero-order valence-electron chi connectivity index (χ0n) is 25.8. The number of ether oxygens (including phenoxy) is 3. The fraction of sp³-hybridized carbons (Fsp3) is 0.500. The van der Waals surface area contributed by atoms with Crippen LogP contribution in [0.15, 0.2) is 48.5 Å². The highest BCUT2D eigenvalue weighted by Gasteiger charge is 2.29. The summed E-state index contributed by atoms with van der Waals surface area (Å²) in [5.41, 5.74) is 6.97. The Balaban J connectivity index is 1.58. The fourth-order valence-corrected chi connectivity index (χ4v) is 4.95. The fourth-order valence-electron chi connectivity index (χ4n) is 4.95. The molecule has 2 aromatic rings. The van der Waals surface area contributed by atoms with Crippen molar-refractivity contribution in [1.82, 2.24) is 15.5 Å². The molecular weight excluding hydrogens is 568 g/mol. The number of carbonyl (C=O) groups excluding carboxylic acids is 4. The van der Waals surface area contributed by atoms with Gasteiger partial charge in [0.25, 0.3) is 12.3 Å². The number of nitrogens with zero attached hydrogens (tertiary/aromatic N) is 1. The van der Waals surface area contributed by atoms with Gasteiger partial charge in [-0.25, -0.2) is 9.69 Å². The van der Waals surface area contributed by atoms with Crippen molar-refractivity contribution in [2.45, 2.75) is 65.0 Å². The smallest absolute Gasteiger partial charge is 0.328 e. The van der Waals surface area contributed by atoms with E-state index in [0.717, 1.165) is 5.56 Å². The number of piperidine rings is 1. The maximum Gasteiger partial charge on any atom is 0.328 e. The summed E-state index contributed by atoms with van der Waals surface area (Å²) in [5.74, 6) is -1.07. The van der Waals surface area contributed by atoms with Crippen molar-refractivity contribution in [3.8, 4) is 11.5 Å². The van der Waals surface area contributed by atoms with Crippen LogP contribution >= 0.6 is 0 Å². The van der Waals surface area contributed by atoms with Gasteiger partial charge in [-0.3, -0.25) is 14.4 Å². The molecular formula is C32H44N4O8. The number of primary amides is 1. The van der Waals surface area contributed by atoms with Crippen LogP contribution in [-0.2, 0) is 30.3 Å². The van der Waals surface area contributed by atoms with Crippen molar-refractivity contribution in [2.75, 3.05) is 26.8 Å². The highest BCUT2D eigenvalue weighted by atomic mass is 16.6. The number of aliphatic hydroxyl groups is 1. The van der Waals surface area contributed by atoms with E-state index >= 15 is 0 Å².